The van der Waals surface area contributed by atoms with Crippen molar-refractivity contribution in [1.82, 2.24) is 0 Å². The first-order chi connectivity index (χ1) is 2.41. The molecule has 2 unspecified atom stereocenters. The Kier molecular flexibility index (Phi) is 5.29. The zero-order valence-electron chi connectivity index (χ0n) is 2.89. The van der Waals surface area contributed by atoms with Gasteiger partial charge in [0.2, 0.25) is 0 Å². The molecule has 0 rings (SSSR count). The summed E-state index contributed by atoms with van der Waals surface area (Å²) in [6.07, 6.45) is 0. The molecular formula is C2H6BP2-. The average Bonchev–Trinajstić information content (AvgIpc) is 1.41. The van der Waals surface area contributed by atoms with Crippen molar-refractivity contribution < 1.29 is 0 Å². The molecular weight excluding hydrogens is 96.8 g/mol. The van der Waals surface area contributed by atoms with Gasteiger partial charge in [0.25, 0.3) is 0 Å². The Labute approximate surface area is 37.3 Å². The van der Waals surface area contributed by atoms with Crippen LogP contribution >= 0.6 is 18.5 Å². The third-order valence-electron chi connectivity index (χ3n) is 0.222. The first kappa shape index (κ1) is 5.66. The molecule has 0 saturated heterocycles. The fourth-order valence-electron chi connectivity index (χ4n) is 0.0642. The van der Waals surface area contributed by atoms with Crippen LogP contribution in [0.25, 0.3) is 0 Å². The molecule has 0 aliphatic heterocycles. The second kappa shape index (κ2) is 4.66. The summed E-state index contributed by atoms with van der Waals surface area (Å²) in [5.74, 6) is 0. The molecule has 0 aromatic rings. The van der Waals surface area contributed by atoms with E-state index in [-0.39, 0.29) is 0 Å². The van der Waals surface area contributed by atoms with Crippen LogP contribution in [0.4, 0.5) is 0 Å². The van der Waals surface area contributed by atoms with Crippen molar-refractivity contribution in [1.29, 1.82) is 0 Å². The van der Waals surface area contributed by atoms with Gasteiger partial charge in [-0.3, -0.25) is 0 Å². The Morgan fingerprint density at radius 1 is 1.20 bits per heavy atom. The fraction of sp³-hybridized carbons (Fsp3) is 0. The van der Waals surface area contributed by atoms with E-state index in [4.69, 9.17) is 0 Å². The molecule has 28 valence electrons. The van der Waals surface area contributed by atoms with Crippen molar-refractivity contribution in [2.45, 2.75) is 0 Å². The van der Waals surface area contributed by atoms with Crippen LogP contribution in [0.15, 0.2) is 0 Å². The van der Waals surface area contributed by atoms with Crippen LogP contribution in [-0.4, -0.2) is 18.0 Å². The quantitative estimate of drug-likeness (QED) is 0.298. The van der Waals surface area contributed by atoms with Gasteiger partial charge in [-0.15, -0.1) is 0 Å². The van der Waals surface area contributed by atoms with Gasteiger partial charge in [0, 0.05) is 0 Å². The van der Waals surface area contributed by atoms with E-state index in [1.807, 2.05) is 18.0 Å². The summed E-state index contributed by atoms with van der Waals surface area (Å²) >= 11 is 0. The second-order valence-corrected chi connectivity index (χ2v) is 1.35. The van der Waals surface area contributed by atoms with E-state index in [0.29, 0.717) is 0 Å². The summed E-state index contributed by atoms with van der Waals surface area (Å²) in [4.78, 5) is 0. The molecule has 0 aromatic carbocycles. The molecule has 0 aliphatic carbocycles. The van der Waals surface area contributed by atoms with Crippen molar-refractivity contribution in [3.8, 4) is 0 Å². The zero-order chi connectivity index (χ0) is 4.12. The number of hydrogen-bond acceptors (Lipinski definition) is 0. The topological polar surface area (TPSA) is 0 Å². The third kappa shape index (κ3) is 4.66. The first-order valence-corrected chi connectivity index (χ1v) is 2.67. The average molecular weight is 103 g/mol. The summed E-state index contributed by atoms with van der Waals surface area (Å²) in [5, 5.41) is 0. The molecule has 0 spiro atoms. The Hall–Kier alpha value is 0.665. The minimum atomic E-state index is 1.90. The molecule has 0 aromatic heterocycles. The van der Waals surface area contributed by atoms with E-state index >= 15 is 0 Å². The van der Waals surface area contributed by atoms with Gasteiger partial charge in [-0.05, 0) is 0 Å². The molecule has 0 amide bonds. The number of rotatable bonds is 0. The van der Waals surface area contributed by atoms with Gasteiger partial charge in [0.1, 0.15) is 0 Å². The van der Waals surface area contributed by atoms with Gasteiger partial charge in [-0.2, -0.15) is 0 Å². The van der Waals surface area contributed by atoms with Crippen LogP contribution in [0.2, 0.25) is 0 Å². The SMILES string of the molecule is PC=[B-]=CP. The van der Waals surface area contributed by atoms with E-state index < -0.39 is 0 Å². The summed E-state index contributed by atoms with van der Waals surface area (Å²) < 4.78 is 0. The van der Waals surface area contributed by atoms with Gasteiger partial charge in [0.15, 0.2) is 0 Å². The second-order valence-electron chi connectivity index (χ2n) is 0.577. The summed E-state index contributed by atoms with van der Waals surface area (Å²) in [7, 11) is 4.95. The van der Waals surface area contributed by atoms with Crippen molar-refractivity contribution in [2.75, 3.05) is 0 Å². The van der Waals surface area contributed by atoms with Gasteiger partial charge in [-0.25, -0.2) is 0 Å². The normalized spacial score (nSPS) is 5.20. The van der Waals surface area contributed by atoms with Crippen LogP contribution in [0.3, 0.4) is 0 Å². The fourth-order valence-corrected chi connectivity index (χ4v) is 0.577. The molecule has 0 radical (unpaired) electrons. The van der Waals surface area contributed by atoms with E-state index in [0.717, 1.165) is 0 Å². The summed E-state index contributed by atoms with van der Waals surface area (Å²) in [6, 6.07) is 0. The molecule has 2 atom stereocenters. The molecule has 0 N–H and O–H groups in total. The third-order valence-corrected chi connectivity index (χ3v) is 0.667. The Bertz CT molecular complexity index is 56.0. The molecule has 0 aliphatic rings. The van der Waals surface area contributed by atoms with Crippen molar-refractivity contribution in [3.05, 3.63) is 0 Å². The molecule has 0 heterocycles. The van der Waals surface area contributed by atoms with Crippen LogP contribution in [0.5, 0.6) is 0 Å². The predicted octanol–water partition coefficient (Wildman–Crippen LogP) is -0.0398. The molecule has 0 saturated carbocycles. The molecule has 0 fully saturated rings. The monoisotopic (exact) mass is 103 g/mol. The molecule has 0 nitrogen and oxygen atoms in total. The minimum absolute atomic E-state index is 1.90. The standard InChI is InChI=1S/C2H6BP2/c4-1-3-2-5/h1-2H,4-5H2/q-1. The van der Waals surface area contributed by atoms with Crippen LogP contribution in [0.1, 0.15) is 0 Å². The van der Waals surface area contributed by atoms with Crippen molar-refractivity contribution >= 4 is 36.5 Å². The first-order valence-electron chi connectivity index (χ1n) is 1.33. The Balaban J connectivity index is 3.26. The summed E-state index contributed by atoms with van der Waals surface area (Å²) in [6.45, 7) is 1.93. The van der Waals surface area contributed by atoms with Crippen LogP contribution < -0.4 is 0 Å². The Morgan fingerprint density at radius 3 is 1.60 bits per heavy atom. The van der Waals surface area contributed by atoms with E-state index in [2.05, 4.69) is 18.5 Å². The molecule has 5 heavy (non-hydrogen) atoms. The molecule has 0 bridgehead atoms. The van der Waals surface area contributed by atoms with Gasteiger partial charge < -0.3 is 0 Å². The van der Waals surface area contributed by atoms with E-state index in [1.165, 1.54) is 0 Å². The van der Waals surface area contributed by atoms with Crippen LogP contribution in [0, 0.1) is 0 Å². The summed E-state index contributed by atoms with van der Waals surface area (Å²) in [5.41, 5.74) is 3.79. The van der Waals surface area contributed by atoms with Gasteiger partial charge >= 0.3 is 36.5 Å². The maximum atomic E-state index is 2.47. The Morgan fingerprint density at radius 2 is 1.60 bits per heavy atom. The van der Waals surface area contributed by atoms with E-state index in [1.54, 1.807) is 0 Å². The number of hydrogen-bond donors (Lipinski definition) is 0. The van der Waals surface area contributed by atoms with Crippen LogP contribution in [-0.2, 0) is 0 Å². The maximum absolute atomic E-state index is 2.47. The zero-order valence-corrected chi connectivity index (χ0v) is 5.20. The molecule has 3 heteroatoms. The van der Waals surface area contributed by atoms with Gasteiger partial charge in [0.05, 0.1) is 0 Å². The van der Waals surface area contributed by atoms with Gasteiger partial charge in [-0.1, -0.05) is 0 Å². The van der Waals surface area contributed by atoms with E-state index in [9.17, 15) is 0 Å². The van der Waals surface area contributed by atoms with Crippen molar-refractivity contribution in [3.63, 3.8) is 0 Å². The van der Waals surface area contributed by atoms with Crippen molar-refractivity contribution in [2.24, 2.45) is 0 Å². The predicted molar refractivity (Wildman–Crippen MR) is 37.3 cm³/mol.